The first-order valence-corrected chi connectivity index (χ1v) is 12.0. The standard InChI is InChI=1S/C27H31N5O2/c1-20(2)32-19-28-23-13-14-31(26(33)21-9-5-3-6-10-21)25(24(23)32)27(34)30-17-15-29(16-18-30)22-11-7-4-8-12-22/h3-12,19-20,25H,13-18H2,1-2H3/t25-/m1/s1. The minimum absolute atomic E-state index is 0.0136. The second-order valence-corrected chi connectivity index (χ2v) is 9.24. The number of imidazole rings is 1. The minimum Gasteiger partial charge on any atom is -0.368 e. The summed E-state index contributed by atoms with van der Waals surface area (Å²) in [5.74, 6) is -0.121. The maximum Gasteiger partial charge on any atom is 0.254 e. The van der Waals surface area contributed by atoms with E-state index < -0.39 is 6.04 Å². The number of benzene rings is 2. The number of fused-ring (bicyclic) bond motifs is 1. The first-order chi connectivity index (χ1) is 16.5. The molecule has 0 N–H and O–H groups in total. The summed E-state index contributed by atoms with van der Waals surface area (Å²) >= 11 is 0. The summed E-state index contributed by atoms with van der Waals surface area (Å²) in [5.41, 5.74) is 3.56. The van der Waals surface area contributed by atoms with Crippen LogP contribution in [-0.4, -0.2) is 63.9 Å². The molecular weight excluding hydrogens is 426 g/mol. The highest BCUT2D eigenvalue weighted by Crippen LogP contribution is 2.34. The Morgan fingerprint density at radius 2 is 1.53 bits per heavy atom. The first kappa shape index (κ1) is 22.2. The fraction of sp³-hybridized carbons (Fsp3) is 0.370. The summed E-state index contributed by atoms with van der Waals surface area (Å²) in [6, 6.07) is 19.0. The highest BCUT2D eigenvalue weighted by Gasteiger charge is 2.42. The number of para-hydroxylation sites is 1. The minimum atomic E-state index is -0.662. The number of hydrogen-bond donors (Lipinski definition) is 0. The van der Waals surface area contributed by atoms with Crippen LogP contribution in [0.3, 0.4) is 0 Å². The van der Waals surface area contributed by atoms with Gasteiger partial charge in [0.05, 0.1) is 17.7 Å². The van der Waals surface area contributed by atoms with Gasteiger partial charge in [0.15, 0.2) is 6.04 Å². The molecule has 2 aromatic carbocycles. The van der Waals surface area contributed by atoms with Crippen LogP contribution in [0.1, 0.15) is 47.7 Å². The molecule has 0 saturated carbocycles. The van der Waals surface area contributed by atoms with E-state index in [9.17, 15) is 9.59 Å². The SMILES string of the molecule is CC(C)n1cnc2c1[C@H](C(=O)N1CCN(c3ccccc3)CC1)N(C(=O)c1ccccc1)CC2. The predicted molar refractivity (Wildman–Crippen MR) is 132 cm³/mol. The number of amides is 2. The van der Waals surface area contributed by atoms with Gasteiger partial charge < -0.3 is 19.3 Å². The van der Waals surface area contributed by atoms with E-state index in [2.05, 4.69) is 40.4 Å². The van der Waals surface area contributed by atoms with Crippen LogP contribution in [0.5, 0.6) is 0 Å². The van der Waals surface area contributed by atoms with E-state index in [4.69, 9.17) is 0 Å². The van der Waals surface area contributed by atoms with Crippen molar-refractivity contribution < 1.29 is 9.59 Å². The molecule has 5 rings (SSSR count). The van der Waals surface area contributed by atoms with Gasteiger partial charge >= 0.3 is 0 Å². The van der Waals surface area contributed by atoms with Crippen LogP contribution in [0.25, 0.3) is 0 Å². The Morgan fingerprint density at radius 3 is 2.18 bits per heavy atom. The third-order valence-corrected chi connectivity index (χ3v) is 6.86. The number of carbonyl (C=O) groups is 2. The highest BCUT2D eigenvalue weighted by atomic mass is 16.2. The van der Waals surface area contributed by atoms with Crippen LogP contribution in [0.4, 0.5) is 5.69 Å². The lowest BCUT2D eigenvalue weighted by Gasteiger charge is -2.41. The Balaban J connectivity index is 1.44. The number of piperazine rings is 1. The second-order valence-electron chi connectivity index (χ2n) is 9.24. The van der Waals surface area contributed by atoms with Crippen molar-refractivity contribution in [2.45, 2.75) is 32.4 Å². The molecule has 0 bridgehead atoms. The zero-order valence-electron chi connectivity index (χ0n) is 19.8. The number of carbonyl (C=O) groups excluding carboxylic acids is 2. The molecule has 2 aliphatic heterocycles. The average Bonchev–Trinajstić information content (AvgIpc) is 3.33. The van der Waals surface area contributed by atoms with Crippen LogP contribution >= 0.6 is 0 Å². The molecule has 1 atom stereocenters. The molecular formula is C27H31N5O2. The van der Waals surface area contributed by atoms with E-state index in [0.29, 0.717) is 31.6 Å². The molecule has 176 valence electrons. The Morgan fingerprint density at radius 1 is 0.882 bits per heavy atom. The number of hydrogen-bond acceptors (Lipinski definition) is 4. The molecule has 1 saturated heterocycles. The van der Waals surface area contributed by atoms with Crippen LogP contribution in [0.15, 0.2) is 67.0 Å². The van der Waals surface area contributed by atoms with E-state index in [1.54, 1.807) is 4.90 Å². The van der Waals surface area contributed by atoms with E-state index in [0.717, 1.165) is 24.5 Å². The highest BCUT2D eigenvalue weighted by molar-refractivity contribution is 5.98. The number of aromatic nitrogens is 2. The summed E-state index contributed by atoms with van der Waals surface area (Å²) in [4.78, 5) is 38.2. The topological polar surface area (TPSA) is 61.7 Å². The number of anilines is 1. The largest absolute Gasteiger partial charge is 0.368 e. The van der Waals surface area contributed by atoms with Crippen LogP contribution in [0.2, 0.25) is 0 Å². The Hall–Kier alpha value is -3.61. The van der Waals surface area contributed by atoms with Gasteiger partial charge in [-0.15, -0.1) is 0 Å². The first-order valence-electron chi connectivity index (χ1n) is 12.0. The Labute approximate surface area is 200 Å². The molecule has 34 heavy (non-hydrogen) atoms. The van der Waals surface area contributed by atoms with Crippen molar-refractivity contribution in [1.82, 2.24) is 19.4 Å². The molecule has 0 unspecified atom stereocenters. The molecule has 0 spiro atoms. The molecule has 1 fully saturated rings. The van der Waals surface area contributed by atoms with Gasteiger partial charge in [0.2, 0.25) is 0 Å². The third-order valence-electron chi connectivity index (χ3n) is 6.86. The predicted octanol–water partition coefficient (Wildman–Crippen LogP) is 3.55. The Kier molecular flexibility index (Phi) is 6.09. The van der Waals surface area contributed by atoms with Crippen molar-refractivity contribution in [3.63, 3.8) is 0 Å². The molecule has 1 aromatic heterocycles. The average molecular weight is 458 g/mol. The van der Waals surface area contributed by atoms with Crippen molar-refractivity contribution in [3.8, 4) is 0 Å². The number of nitrogens with zero attached hydrogens (tertiary/aromatic N) is 5. The Bertz CT molecular complexity index is 1150. The molecule has 2 amide bonds. The van der Waals surface area contributed by atoms with Gasteiger partial charge in [-0.25, -0.2) is 4.98 Å². The van der Waals surface area contributed by atoms with Gasteiger partial charge in [-0.05, 0) is 38.1 Å². The summed E-state index contributed by atoms with van der Waals surface area (Å²) in [6.07, 6.45) is 2.47. The van der Waals surface area contributed by atoms with E-state index in [-0.39, 0.29) is 17.9 Å². The lowest BCUT2D eigenvalue weighted by Crippen LogP contribution is -2.54. The van der Waals surface area contributed by atoms with Crippen molar-refractivity contribution in [2.24, 2.45) is 0 Å². The van der Waals surface area contributed by atoms with Crippen molar-refractivity contribution >= 4 is 17.5 Å². The third kappa shape index (κ3) is 4.06. The lowest BCUT2D eigenvalue weighted by atomic mass is 9.98. The van der Waals surface area contributed by atoms with Gasteiger partial charge in [0, 0.05) is 56.4 Å². The zero-order valence-corrected chi connectivity index (χ0v) is 19.8. The van der Waals surface area contributed by atoms with Crippen molar-refractivity contribution in [1.29, 1.82) is 0 Å². The maximum absolute atomic E-state index is 14.1. The number of rotatable bonds is 4. The summed E-state index contributed by atoms with van der Waals surface area (Å²) in [6.45, 7) is 7.44. The van der Waals surface area contributed by atoms with Gasteiger partial charge in [0.1, 0.15) is 0 Å². The fourth-order valence-corrected chi connectivity index (χ4v) is 5.03. The van der Waals surface area contributed by atoms with Crippen molar-refractivity contribution in [2.75, 3.05) is 37.6 Å². The van der Waals surface area contributed by atoms with Gasteiger partial charge in [-0.3, -0.25) is 9.59 Å². The fourth-order valence-electron chi connectivity index (χ4n) is 5.03. The van der Waals surface area contributed by atoms with Gasteiger partial charge in [-0.1, -0.05) is 36.4 Å². The quantitative estimate of drug-likeness (QED) is 0.601. The normalized spacial score (nSPS) is 18.2. The second kappa shape index (κ2) is 9.33. The molecule has 7 heteroatoms. The maximum atomic E-state index is 14.1. The molecule has 3 aromatic rings. The molecule has 0 radical (unpaired) electrons. The van der Waals surface area contributed by atoms with Crippen LogP contribution in [-0.2, 0) is 11.2 Å². The van der Waals surface area contributed by atoms with E-state index in [1.165, 1.54) is 5.69 Å². The summed E-state index contributed by atoms with van der Waals surface area (Å²) < 4.78 is 2.06. The molecule has 7 nitrogen and oxygen atoms in total. The smallest absolute Gasteiger partial charge is 0.254 e. The molecule has 3 heterocycles. The molecule has 0 aliphatic carbocycles. The van der Waals surface area contributed by atoms with Gasteiger partial charge in [-0.2, -0.15) is 0 Å². The molecule has 2 aliphatic rings. The summed E-state index contributed by atoms with van der Waals surface area (Å²) in [7, 11) is 0. The monoisotopic (exact) mass is 457 g/mol. The van der Waals surface area contributed by atoms with Crippen molar-refractivity contribution in [3.05, 3.63) is 83.9 Å². The van der Waals surface area contributed by atoms with Gasteiger partial charge in [0.25, 0.3) is 11.8 Å². The summed E-state index contributed by atoms with van der Waals surface area (Å²) in [5, 5.41) is 0. The van der Waals surface area contributed by atoms with Crippen LogP contribution in [0, 0.1) is 0 Å². The van der Waals surface area contributed by atoms with Crippen LogP contribution < -0.4 is 4.90 Å². The lowest BCUT2D eigenvalue weighted by molar-refractivity contribution is -0.137. The van der Waals surface area contributed by atoms with E-state index >= 15 is 0 Å². The van der Waals surface area contributed by atoms with E-state index in [1.807, 2.05) is 59.8 Å². The zero-order chi connectivity index (χ0) is 23.7.